The molecule has 1 amide bonds. The number of nitrogens with zero attached hydrogens (tertiary/aromatic N) is 1. The number of carbonyl (C=O) groups excluding carboxylic acids is 2. The van der Waals surface area contributed by atoms with Gasteiger partial charge in [-0.1, -0.05) is 24.3 Å². The fourth-order valence-electron chi connectivity index (χ4n) is 3.15. The number of hydrogen-bond acceptors (Lipinski definition) is 5. The highest BCUT2D eigenvalue weighted by molar-refractivity contribution is 7.89. The Morgan fingerprint density at radius 2 is 1.75 bits per heavy atom. The minimum absolute atomic E-state index is 0.0929. The van der Waals surface area contributed by atoms with E-state index in [1.807, 2.05) is 24.3 Å². The van der Waals surface area contributed by atoms with Gasteiger partial charge in [0.1, 0.15) is 11.8 Å². The van der Waals surface area contributed by atoms with Gasteiger partial charge < -0.3 is 10.1 Å². The molecule has 1 aliphatic heterocycles. The molecule has 0 fully saturated rings. The van der Waals surface area contributed by atoms with Gasteiger partial charge in [-0.05, 0) is 42.3 Å². The third-order valence-corrected chi connectivity index (χ3v) is 6.42. The summed E-state index contributed by atoms with van der Waals surface area (Å²) in [5.74, 6) is -0.638. The quantitative estimate of drug-likeness (QED) is 0.612. The molecule has 0 radical (unpaired) electrons. The van der Waals surface area contributed by atoms with Crippen LogP contribution in [0.25, 0.3) is 0 Å². The molecule has 1 aliphatic rings. The van der Waals surface area contributed by atoms with Crippen LogP contribution in [0.2, 0.25) is 0 Å². The van der Waals surface area contributed by atoms with E-state index in [1.54, 1.807) is 31.2 Å². The second-order valence-electron chi connectivity index (χ2n) is 6.56. The van der Waals surface area contributed by atoms with Crippen LogP contribution in [0, 0.1) is 0 Å². The van der Waals surface area contributed by atoms with E-state index in [0.29, 0.717) is 5.69 Å². The molecule has 0 spiro atoms. The molecule has 148 valence electrons. The van der Waals surface area contributed by atoms with Crippen molar-refractivity contribution in [3.05, 3.63) is 59.7 Å². The van der Waals surface area contributed by atoms with E-state index in [9.17, 15) is 18.0 Å². The summed E-state index contributed by atoms with van der Waals surface area (Å²) in [6, 6.07) is 12.9. The number of esters is 1. The highest BCUT2D eigenvalue weighted by atomic mass is 32.2. The van der Waals surface area contributed by atoms with E-state index in [2.05, 4.69) is 5.32 Å². The van der Waals surface area contributed by atoms with Crippen molar-refractivity contribution < 1.29 is 22.7 Å². The van der Waals surface area contributed by atoms with Gasteiger partial charge in [-0.2, -0.15) is 4.31 Å². The zero-order valence-corrected chi connectivity index (χ0v) is 16.5. The maximum absolute atomic E-state index is 12.8. The first-order chi connectivity index (χ1) is 13.3. The first-order valence-electron chi connectivity index (χ1n) is 8.96. The van der Waals surface area contributed by atoms with E-state index in [4.69, 9.17) is 4.74 Å². The third kappa shape index (κ3) is 4.40. The predicted octanol–water partition coefficient (Wildman–Crippen LogP) is 2.33. The molecule has 1 N–H and O–H groups in total. The number of hydrogen-bond donors (Lipinski definition) is 1. The Bertz CT molecular complexity index is 986. The summed E-state index contributed by atoms with van der Waals surface area (Å²) in [5.41, 5.74) is 2.41. The smallest absolute Gasteiger partial charge is 0.330 e. The van der Waals surface area contributed by atoms with Crippen LogP contribution < -0.4 is 10.1 Å². The third-order valence-electron chi connectivity index (χ3n) is 4.59. The van der Waals surface area contributed by atoms with Crippen LogP contribution in [0.4, 0.5) is 5.69 Å². The molecule has 1 heterocycles. The van der Waals surface area contributed by atoms with E-state index in [1.165, 1.54) is 11.2 Å². The van der Waals surface area contributed by atoms with Crippen molar-refractivity contribution in [2.24, 2.45) is 0 Å². The summed E-state index contributed by atoms with van der Waals surface area (Å²) in [4.78, 5) is 23.9. The molecule has 0 saturated carbocycles. The molecular weight excluding hydrogens is 380 g/mol. The van der Waals surface area contributed by atoms with Gasteiger partial charge >= 0.3 is 5.97 Å². The average molecular weight is 402 g/mol. The highest BCUT2D eigenvalue weighted by Crippen LogP contribution is 2.27. The number of fused-ring (bicyclic) bond motifs is 1. The summed E-state index contributed by atoms with van der Waals surface area (Å²) in [7, 11) is -3.59. The van der Waals surface area contributed by atoms with Gasteiger partial charge in [0.15, 0.2) is 0 Å². The summed E-state index contributed by atoms with van der Waals surface area (Å²) < 4.78 is 31.8. The molecule has 8 heteroatoms. The van der Waals surface area contributed by atoms with Crippen LogP contribution in [-0.2, 0) is 32.6 Å². The summed E-state index contributed by atoms with van der Waals surface area (Å²) in [5, 5.41) is 2.63. The summed E-state index contributed by atoms with van der Waals surface area (Å²) in [6.07, 6.45) is 0.262. The average Bonchev–Trinajstić information content (AvgIpc) is 2.68. The summed E-state index contributed by atoms with van der Waals surface area (Å²) >= 11 is 0. The van der Waals surface area contributed by atoms with Crippen molar-refractivity contribution in [3.63, 3.8) is 0 Å². The number of nitrogens with one attached hydrogen (secondary N) is 1. The van der Waals surface area contributed by atoms with Gasteiger partial charge in [0, 0.05) is 25.6 Å². The van der Waals surface area contributed by atoms with Crippen molar-refractivity contribution in [2.75, 3.05) is 11.1 Å². The fraction of sp³-hybridized carbons (Fsp3) is 0.300. The molecule has 1 atom stereocenters. The molecule has 28 heavy (non-hydrogen) atoms. The number of carbonyl (C=O) groups is 2. The second-order valence-corrected chi connectivity index (χ2v) is 8.77. The van der Waals surface area contributed by atoms with E-state index in [-0.39, 0.29) is 30.4 Å². The first-order valence-corrected chi connectivity index (χ1v) is 10.6. The molecular formula is C20H22N2O5S. The molecule has 2 aromatic rings. The molecule has 0 aromatic heterocycles. The standard InChI is InChI=1S/C20H22N2O5S/c1-3-28(25,26)22-13-16-7-5-4-6-15(16)12-19(22)20(24)27-18-10-8-17(9-11-18)21-14(2)23/h4-11,19H,3,12-13H2,1-2H3,(H,21,23)/t19-/m0/s1. The molecule has 0 aliphatic carbocycles. The maximum atomic E-state index is 12.8. The van der Waals surface area contributed by atoms with Crippen LogP contribution in [0.15, 0.2) is 48.5 Å². The van der Waals surface area contributed by atoms with E-state index in [0.717, 1.165) is 11.1 Å². The number of rotatable bonds is 5. The lowest BCUT2D eigenvalue weighted by molar-refractivity contribution is -0.139. The topological polar surface area (TPSA) is 92.8 Å². The molecule has 0 bridgehead atoms. The monoisotopic (exact) mass is 402 g/mol. The van der Waals surface area contributed by atoms with Gasteiger partial charge in [0.25, 0.3) is 0 Å². The second kappa shape index (κ2) is 8.12. The van der Waals surface area contributed by atoms with Crippen molar-refractivity contribution in [2.45, 2.75) is 32.9 Å². The van der Waals surface area contributed by atoms with Crippen LogP contribution >= 0.6 is 0 Å². The van der Waals surface area contributed by atoms with Gasteiger partial charge in [-0.15, -0.1) is 0 Å². The molecule has 2 aromatic carbocycles. The Morgan fingerprint density at radius 3 is 2.36 bits per heavy atom. The largest absolute Gasteiger partial charge is 0.425 e. The number of benzene rings is 2. The predicted molar refractivity (Wildman–Crippen MR) is 105 cm³/mol. The fourth-order valence-corrected chi connectivity index (χ4v) is 4.37. The lowest BCUT2D eigenvalue weighted by Crippen LogP contribution is -2.50. The Morgan fingerprint density at radius 1 is 1.11 bits per heavy atom. The Kier molecular flexibility index (Phi) is 5.81. The number of amides is 1. The maximum Gasteiger partial charge on any atom is 0.330 e. The van der Waals surface area contributed by atoms with Gasteiger partial charge in [0.2, 0.25) is 15.9 Å². The number of anilines is 1. The zero-order valence-electron chi connectivity index (χ0n) is 15.7. The Hall–Kier alpha value is -2.71. The highest BCUT2D eigenvalue weighted by Gasteiger charge is 2.39. The Labute approximate surface area is 164 Å². The van der Waals surface area contributed by atoms with Crippen molar-refractivity contribution in [1.29, 1.82) is 0 Å². The van der Waals surface area contributed by atoms with Crippen molar-refractivity contribution in [3.8, 4) is 5.75 Å². The SMILES string of the molecule is CCS(=O)(=O)N1Cc2ccccc2C[C@H]1C(=O)Oc1ccc(NC(C)=O)cc1. The van der Waals surface area contributed by atoms with E-state index < -0.39 is 22.0 Å². The van der Waals surface area contributed by atoms with Crippen molar-refractivity contribution >= 4 is 27.6 Å². The van der Waals surface area contributed by atoms with Crippen LogP contribution in [0.5, 0.6) is 5.75 Å². The summed E-state index contributed by atoms with van der Waals surface area (Å²) in [6.45, 7) is 3.10. The van der Waals surface area contributed by atoms with Crippen LogP contribution in [-0.4, -0.2) is 36.4 Å². The van der Waals surface area contributed by atoms with E-state index >= 15 is 0 Å². The zero-order chi connectivity index (χ0) is 20.3. The minimum Gasteiger partial charge on any atom is -0.425 e. The number of sulfonamides is 1. The number of ether oxygens (including phenoxy) is 1. The lowest BCUT2D eigenvalue weighted by Gasteiger charge is -2.34. The Balaban J connectivity index is 1.82. The lowest BCUT2D eigenvalue weighted by atomic mass is 9.96. The normalized spacial score (nSPS) is 16.9. The van der Waals surface area contributed by atoms with Gasteiger partial charge in [-0.25, -0.2) is 13.2 Å². The first kappa shape index (κ1) is 20.0. The minimum atomic E-state index is -3.59. The van der Waals surface area contributed by atoms with Crippen LogP contribution in [0.3, 0.4) is 0 Å². The van der Waals surface area contributed by atoms with Gasteiger partial charge in [-0.3, -0.25) is 4.79 Å². The molecule has 0 saturated heterocycles. The van der Waals surface area contributed by atoms with Crippen molar-refractivity contribution in [1.82, 2.24) is 4.31 Å². The van der Waals surface area contributed by atoms with Gasteiger partial charge in [0.05, 0.1) is 5.75 Å². The molecule has 7 nitrogen and oxygen atoms in total. The van der Waals surface area contributed by atoms with Crippen LogP contribution in [0.1, 0.15) is 25.0 Å². The molecule has 0 unspecified atom stereocenters. The molecule has 3 rings (SSSR count).